The third-order valence-electron chi connectivity index (χ3n) is 7.76. The van der Waals surface area contributed by atoms with Crippen LogP contribution in [0.15, 0.2) is 30.3 Å². The second-order valence-corrected chi connectivity index (χ2v) is 21.8. The minimum absolute atomic E-state index is 0.0306. The Hall–Kier alpha value is 3.78. The molecule has 0 saturated carbocycles. The first-order valence-corrected chi connectivity index (χ1v) is 22.9. The summed E-state index contributed by atoms with van der Waals surface area (Å²) in [6, 6.07) is 9.81. The molecular weight excluding hydrogens is 996 g/mol. The van der Waals surface area contributed by atoms with E-state index in [0.717, 1.165) is 5.56 Å². The average Bonchev–Trinajstić information content (AvgIpc) is 3.10. The molecule has 17 unspecified atom stereocenters. The number of rotatable bonds is 23. The topological polar surface area (TPSA) is 18.5 Å². The fraction of sp³-hybridized carbons (Fsp3) is 0.818. The third-order valence-corrected chi connectivity index (χ3v) is 18.4. The molecule has 300 valence electrons. The van der Waals surface area contributed by atoms with Gasteiger partial charge in [-0.3, -0.25) is 0 Å². The first kappa shape index (κ1) is 52.8. The summed E-state index contributed by atoms with van der Waals surface area (Å²) in [5, 5.41) is -14.5. The maximum absolute atomic E-state index is 6.68. The van der Waals surface area contributed by atoms with Crippen LogP contribution in [-0.2, 0) is 16.1 Å². The van der Waals surface area contributed by atoms with Crippen molar-refractivity contribution in [1.82, 2.24) is 0 Å². The molecule has 0 aliphatic rings. The molecule has 0 saturated heterocycles. The van der Waals surface area contributed by atoms with Gasteiger partial charge < -0.3 is 9.47 Å². The van der Waals surface area contributed by atoms with Crippen molar-refractivity contribution in [2.24, 2.45) is 11.3 Å². The first-order chi connectivity index (χ1) is 23.4. The molecule has 1 rings (SSSR count). The number of ether oxygens (including phenoxy) is 2. The zero-order valence-corrected chi connectivity index (χ0v) is 40.4. The molecule has 1 aromatic rings. The van der Waals surface area contributed by atoms with Crippen LogP contribution in [0.25, 0.3) is 0 Å². The van der Waals surface area contributed by atoms with Crippen molar-refractivity contribution in [2.45, 2.75) is 140 Å². The van der Waals surface area contributed by atoms with Gasteiger partial charge in [-0.15, -0.1) is 174 Å². The van der Waals surface area contributed by atoms with Gasteiger partial charge in [-0.25, -0.2) is 0 Å². The fourth-order valence-electron chi connectivity index (χ4n) is 4.72. The second-order valence-electron chi connectivity index (χ2n) is 13.8. The molecule has 0 N–H and O–H groups in total. The van der Waals surface area contributed by atoms with Crippen LogP contribution in [0.2, 0.25) is 0 Å². The molecule has 0 radical (unpaired) electrons. The van der Waals surface area contributed by atoms with Crippen LogP contribution in [0.3, 0.4) is 0 Å². The van der Waals surface area contributed by atoms with Gasteiger partial charge in [-0.2, -0.15) is 0 Å². The van der Waals surface area contributed by atoms with E-state index in [2.05, 4.69) is 20.8 Å². The standard InChI is InChI=1S/C33H44Cl16O2/c1-14(2)17(34)18(35)19(36)20(37)21(38)22(39)23(40)24(41)25(42)26(43)27(44)28(45)29(46)30(47)31(48)32(49)51-13-16(11-33(3,4)5)50-12-15-9-7-6-8-10-15/h6-10,14,16-32H,11-13H2,1-5H3. The molecule has 18 heteroatoms. The second kappa shape index (κ2) is 25.4. The molecule has 0 amide bonds. The summed E-state index contributed by atoms with van der Waals surface area (Å²) in [7, 11) is 0. The summed E-state index contributed by atoms with van der Waals surface area (Å²) in [6.07, 6.45) is 0.429. The highest BCUT2D eigenvalue weighted by Gasteiger charge is 2.46. The number of halogens is 16. The van der Waals surface area contributed by atoms with Crippen LogP contribution >= 0.6 is 186 Å². The van der Waals surface area contributed by atoms with Gasteiger partial charge in [-0.1, -0.05) is 76.6 Å². The summed E-state index contributed by atoms with van der Waals surface area (Å²) in [6.45, 7) is 10.7. The smallest absolute Gasteiger partial charge is 0.149 e. The molecular formula is C33H44Cl16O2. The highest BCUT2D eigenvalue weighted by Crippen LogP contribution is 2.40. The average molecular weight is 1040 g/mol. The van der Waals surface area contributed by atoms with Gasteiger partial charge in [0.2, 0.25) is 0 Å². The minimum Gasteiger partial charge on any atom is -0.371 e. The summed E-state index contributed by atoms with van der Waals surface area (Å²) in [4.78, 5) is 0. The van der Waals surface area contributed by atoms with Crippen molar-refractivity contribution in [3.63, 3.8) is 0 Å². The van der Waals surface area contributed by atoms with Gasteiger partial charge in [-0.05, 0) is 23.3 Å². The number of benzene rings is 1. The van der Waals surface area contributed by atoms with E-state index in [4.69, 9.17) is 195 Å². The van der Waals surface area contributed by atoms with Gasteiger partial charge in [0, 0.05) is 0 Å². The van der Waals surface area contributed by atoms with E-state index in [1.165, 1.54) is 0 Å². The summed E-state index contributed by atoms with van der Waals surface area (Å²) in [5.74, 6) is 0.0306. The van der Waals surface area contributed by atoms with Gasteiger partial charge >= 0.3 is 0 Å². The number of hydrogen-bond acceptors (Lipinski definition) is 2. The zero-order valence-electron chi connectivity index (χ0n) is 28.3. The van der Waals surface area contributed by atoms with Gasteiger partial charge in [0.25, 0.3) is 0 Å². The molecule has 0 fully saturated rings. The lowest BCUT2D eigenvalue weighted by Gasteiger charge is -2.35. The zero-order chi connectivity index (χ0) is 39.5. The number of hydrogen-bond donors (Lipinski definition) is 0. The van der Waals surface area contributed by atoms with Gasteiger partial charge in [0.15, 0.2) is 0 Å². The van der Waals surface area contributed by atoms with Crippen LogP contribution < -0.4 is 0 Å². The summed E-state index contributed by atoms with van der Waals surface area (Å²) < 4.78 is 12.1. The molecule has 0 spiro atoms. The Labute approximate surface area is 384 Å². The van der Waals surface area contributed by atoms with Crippen LogP contribution in [0.4, 0.5) is 0 Å². The molecule has 51 heavy (non-hydrogen) atoms. The Morgan fingerprint density at radius 3 is 1.08 bits per heavy atom. The lowest BCUT2D eigenvalue weighted by Crippen LogP contribution is -2.49. The Kier molecular flexibility index (Phi) is 26.3. The minimum atomic E-state index is -1.08. The van der Waals surface area contributed by atoms with Gasteiger partial charge in [0.05, 0.1) is 100.0 Å². The van der Waals surface area contributed by atoms with E-state index in [1.54, 1.807) is 0 Å². The SMILES string of the molecule is CC(C)C(Cl)C(Cl)C(Cl)C(Cl)C(Cl)C(Cl)C(Cl)C(Cl)C(Cl)C(Cl)C(Cl)C(Cl)C(Cl)C(Cl)C(Cl)C(Cl)OCC(CC(C)(C)C)OCc1ccccc1. The van der Waals surface area contributed by atoms with Crippen LogP contribution in [0.1, 0.15) is 46.6 Å². The van der Waals surface area contributed by atoms with Crippen molar-refractivity contribution in [1.29, 1.82) is 0 Å². The molecule has 17 atom stereocenters. The highest BCUT2D eigenvalue weighted by molar-refractivity contribution is 6.46. The summed E-state index contributed by atoms with van der Waals surface area (Å²) in [5.41, 5.74) is -0.0609. The number of alkyl halides is 16. The van der Waals surface area contributed by atoms with E-state index in [9.17, 15) is 0 Å². The van der Waals surface area contributed by atoms with Crippen LogP contribution in [0, 0.1) is 11.3 Å². The largest absolute Gasteiger partial charge is 0.371 e. The first-order valence-electron chi connectivity index (χ1n) is 16.0. The molecule has 0 aromatic heterocycles. The Bertz CT molecular complexity index is 1090. The Morgan fingerprint density at radius 2 is 0.765 bits per heavy atom. The predicted molar refractivity (Wildman–Crippen MR) is 234 cm³/mol. The molecule has 0 aliphatic heterocycles. The van der Waals surface area contributed by atoms with Crippen molar-refractivity contribution >= 4 is 186 Å². The van der Waals surface area contributed by atoms with E-state index in [0.29, 0.717) is 13.0 Å². The molecule has 2 nitrogen and oxygen atoms in total. The van der Waals surface area contributed by atoms with Crippen molar-refractivity contribution in [2.75, 3.05) is 6.61 Å². The quantitative estimate of drug-likeness (QED) is 0.102. The predicted octanol–water partition coefficient (Wildman–Crippen LogP) is 14.4. The lowest BCUT2D eigenvalue weighted by molar-refractivity contribution is -0.0497. The van der Waals surface area contributed by atoms with Crippen LogP contribution in [0.5, 0.6) is 0 Å². The molecule has 0 bridgehead atoms. The van der Waals surface area contributed by atoms with Crippen molar-refractivity contribution in [3.8, 4) is 0 Å². The Morgan fingerprint density at radius 1 is 0.451 bits per heavy atom. The van der Waals surface area contributed by atoms with E-state index < -0.39 is 86.2 Å². The molecule has 1 aromatic carbocycles. The molecule has 0 heterocycles. The lowest BCUT2D eigenvalue weighted by atomic mass is 9.89. The maximum atomic E-state index is 6.68. The normalized spacial score (nSPS) is 23.0. The highest BCUT2D eigenvalue weighted by atomic mass is 35.5. The fourth-order valence-corrected chi connectivity index (χ4v) is 10.6. The van der Waals surface area contributed by atoms with E-state index >= 15 is 0 Å². The van der Waals surface area contributed by atoms with E-state index in [1.807, 2.05) is 44.2 Å². The third kappa shape index (κ3) is 17.5. The Balaban J connectivity index is 2.84. The maximum Gasteiger partial charge on any atom is 0.149 e. The van der Waals surface area contributed by atoms with Gasteiger partial charge in [0.1, 0.15) is 5.56 Å². The monoisotopic (exact) mass is 1030 g/mol. The van der Waals surface area contributed by atoms with Crippen molar-refractivity contribution < 1.29 is 9.47 Å². The van der Waals surface area contributed by atoms with Crippen molar-refractivity contribution in [3.05, 3.63) is 35.9 Å². The van der Waals surface area contributed by atoms with E-state index in [-0.39, 0.29) is 24.0 Å². The summed E-state index contributed by atoms with van der Waals surface area (Å²) >= 11 is 106. The molecule has 0 aliphatic carbocycles. The van der Waals surface area contributed by atoms with Crippen LogP contribution in [-0.4, -0.2) is 98.9 Å².